The molecule has 0 fully saturated rings. The number of rotatable bonds is 3. The number of carbonyl (C=O) groups is 1. The van der Waals surface area contributed by atoms with Gasteiger partial charge in [-0.3, -0.25) is 4.79 Å². The molecule has 1 aliphatic rings. The molecular formula is C18H16O2. The predicted octanol–water partition coefficient (Wildman–Crippen LogP) is 4.15. The fourth-order valence-electron chi connectivity index (χ4n) is 2.52. The molecule has 2 nitrogen and oxygen atoms in total. The SMILES string of the molecule is CC(=O)C1=C(c2ccccc2)O[C@H](c2ccccc2)C1. The molecule has 3 rings (SSSR count). The second kappa shape index (κ2) is 5.33. The fourth-order valence-corrected chi connectivity index (χ4v) is 2.52. The van der Waals surface area contributed by atoms with Gasteiger partial charge in [-0.05, 0) is 12.5 Å². The summed E-state index contributed by atoms with van der Waals surface area (Å²) < 4.78 is 6.07. The molecule has 0 aromatic heterocycles. The van der Waals surface area contributed by atoms with Gasteiger partial charge < -0.3 is 4.74 Å². The lowest BCUT2D eigenvalue weighted by molar-refractivity contribution is -0.113. The summed E-state index contributed by atoms with van der Waals surface area (Å²) in [5.41, 5.74) is 2.86. The van der Waals surface area contributed by atoms with Crippen LogP contribution in [-0.2, 0) is 9.53 Å². The standard InChI is InChI=1S/C18H16O2/c1-13(19)16-12-17(14-8-4-2-5-9-14)20-18(16)15-10-6-3-7-11-15/h2-11,17H,12H2,1H3/t17-/m0/s1. The van der Waals surface area contributed by atoms with Crippen LogP contribution in [-0.4, -0.2) is 5.78 Å². The average Bonchev–Trinajstić information content (AvgIpc) is 2.94. The molecule has 1 atom stereocenters. The van der Waals surface area contributed by atoms with Gasteiger partial charge in [-0.25, -0.2) is 0 Å². The minimum Gasteiger partial charge on any atom is -0.484 e. The van der Waals surface area contributed by atoms with Crippen molar-refractivity contribution in [1.29, 1.82) is 0 Å². The van der Waals surface area contributed by atoms with E-state index in [2.05, 4.69) is 0 Å². The number of benzene rings is 2. The highest BCUT2D eigenvalue weighted by molar-refractivity contribution is 6.00. The number of carbonyl (C=O) groups excluding carboxylic acids is 1. The number of hydrogen-bond acceptors (Lipinski definition) is 2. The Bertz CT molecular complexity index is 642. The van der Waals surface area contributed by atoms with E-state index in [4.69, 9.17) is 4.74 Å². The van der Waals surface area contributed by atoms with Crippen LogP contribution in [0.2, 0.25) is 0 Å². The molecule has 0 saturated heterocycles. The molecule has 0 saturated carbocycles. The molecule has 2 aromatic rings. The zero-order valence-electron chi connectivity index (χ0n) is 11.4. The van der Waals surface area contributed by atoms with Gasteiger partial charge in [0.25, 0.3) is 0 Å². The van der Waals surface area contributed by atoms with Crippen LogP contribution in [0.25, 0.3) is 5.76 Å². The van der Waals surface area contributed by atoms with Gasteiger partial charge in [0.05, 0.1) is 0 Å². The maximum atomic E-state index is 11.9. The van der Waals surface area contributed by atoms with E-state index in [9.17, 15) is 4.79 Å². The lowest BCUT2D eigenvalue weighted by atomic mass is 10.00. The van der Waals surface area contributed by atoms with E-state index >= 15 is 0 Å². The average molecular weight is 264 g/mol. The van der Waals surface area contributed by atoms with Crippen molar-refractivity contribution < 1.29 is 9.53 Å². The molecule has 2 heteroatoms. The van der Waals surface area contributed by atoms with Crippen LogP contribution in [0.1, 0.15) is 30.6 Å². The van der Waals surface area contributed by atoms with Gasteiger partial charge >= 0.3 is 0 Å². The molecule has 2 aromatic carbocycles. The Morgan fingerprint density at radius 3 is 2.20 bits per heavy atom. The topological polar surface area (TPSA) is 26.3 Å². The van der Waals surface area contributed by atoms with Gasteiger partial charge in [0, 0.05) is 17.6 Å². The van der Waals surface area contributed by atoms with Gasteiger partial charge in [-0.15, -0.1) is 0 Å². The van der Waals surface area contributed by atoms with E-state index in [-0.39, 0.29) is 11.9 Å². The van der Waals surface area contributed by atoms with Gasteiger partial charge in [-0.1, -0.05) is 60.7 Å². The third-order valence-electron chi connectivity index (χ3n) is 3.56. The van der Waals surface area contributed by atoms with Gasteiger partial charge in [0.1, 0.15) is 11.9 Å². The molecule has 0 unspecified atom stereocenters. The van der Waals surface area contributed by atoms with E-state index in [1.54, 1.807) is 6.92 Å². The second-order valence-electron chi connectivity index (χ2n) is 4.95. The zero-order valence-corrected chi connectivity index (χ0v) is 11.4. The van der Waals surface area contributed by atoms with Crippen molar-refractivity contribution in [3.8, 4) is 0 Å². The highest BCUT2D eigenvalue weighted by atomic mass is 16.5. The summed E-state index contributed by atoms with van der Waals surface area (Å²) in [5, 5.41) is 0. The van der Waals surface area contributed by atoms with Crippen LogP contribution < -0.4 is 0 Å². The number of ether oxygens (including phenoxy) is 1. The lowest BCUT2D eigenvalue weighted by Gasteiger charge is -2.13. The fraction of sp³-hybridized carbons (Fsp3) is 0.167. The Hall–Kier alpha value is -2.35. The van der Waals surface area contributed by atoms with E-state index in [1.807, 2.05) is 60.7 Å². The molecule has 0 aliphatic carbocycles. The molecule has 0 radical (unpaired) electrons. The van der Waals surface area contributed by atoms with Crippen molar-refractivity contribution >= 4 is 11.5 Å². The normalized spacial score (nSPS) is 17.9. The van der Waals surface area contributed by atoms with Crippen molar-refractivity contribution in [3.63, 3.8) is 0 Å². The second-order valence-corrected chi connectivity index (χ2v) is 4.95. The summed E-state index contributed by atoms with van der Waals surface area (Å²) in [4.78, 5) is 11.9. The van der Waals surface area contributed by atoms with Crippen molar-refractivity contribution in [2.24, 2.45) is 0 Å². The van der Waals surface area contributed by atoms with Crippen LogP contribution >= 0.6 is 0 Å². The van der Waals surface area contributed by atoms with Crippen molar-refractivity contribution in [2.75, 3.05) is 0 Å². The van der Waals surface area contributed by atoms with Crippen LogP contribution in [0.4, 0.5) is 0 Å². The lowest BCUT2D eigenvalue weighted by Crippen LogP contribution is -1.98. The van der Waals surface area contributed by atoms with Crippen molar-refractivity contribution in [3.05, 3.63) is 77.4 Å². The van der Waals surface area contributed by atoms with Gasteiger partial charge in [-0.2, -0.15) is 0 Å². The van der Waals surface area contributed by atoms with Crippen LogP contribution in [0, 0.1) is 0 Å². The van der Waals surface area contributed by atoms with E-state index in [1.165, 1.54) is 0 Å². The Labute approximate surface area is 118 Å². The van der Waals surface area contributed by atoms with E-state index in [0.29, 0.717) is 6.42 Å². The van der Waals surface area contributed by atoms with Crippen LogP contribution in [0.5, 0.6) is 0 Å². The number of ketones is 1. The van der Waals surface area contributed by atoms with E-state index in [0.717, 1.165) is 22.5 Å². The molecule has 100 valence electrons. The Kier molecular flexibility index (Phi) is 3.38. The largest absolute Gasteiger partial charge is 0.484 e. The molecule has 0 amide bonds. The van der Waals surface area contributed by atoms with Crippen LogP contribution in [0.3, 0.4) is 0 Å². The Balaban J connectivity index is 1.95. The highest BCUT2D eigenvalue weighted by Gasteiger charge is 2.29. The minimum absolute atomic E-state index is 0.0645. The summed E-state index contributed by atoms with van der Waals surface area (Å²) in [7, 11) is 0. The first-order valence-electron chi connectivity index (χ1n) is 6.77. The van der Waals surface area contributed by atoms with Crippen LogP contribution in [0.15, 0.2) is 66.2 Å². The smallest absolute Gasteiger partial charge is 0.159 e. The first-order chi connectivity index (χ1) is 9.75. The quantitative estimate of drug-likeness (QED) is 0.832. The Morgan fingerprint density at radius 2 is 1.60 bits per heavy atom. The summed E-state index contributed by atoms with van der Waals surface area (Å²) in [6, 6.07) is 19.9. The van der Waals surface area contributed by atoms with Crippen molar-refractivity contribution in [2.45, 2.75) is 19.4 Å². The highest BCUT2D eigenvalue weighted by Crippen LogP contribution is 2.40. The number of Topliss-reactive ketones (excluding diaryl/α,β-unsaturated/α-hetero) is 1. The molecule has 1 heterocycles. The summed E-state index contributed by atoms with van der Waals surface area (Å²) in [6.07, 6.45) is 0.578. The Morgan fingerprint density at radius 1 is 1.00 bits per heavy atom. The summed E-state index contributed by atoms with van der Waals surface area (Å²) in [6.45, 7) is 1.61. The molecule has 20 heavy (non-hydrogen) atoms. The van der Waals surface area contributed by atoms with Gasteiger partial charge in [0.2, 0.25) is 0 Å². The van der Waals surface area contributed by atoms with Crippen molar-refractivity contribution in [1.82, 2.24) is 0 Å². The number of hydrogen-bond donors (Lipinski definition) is 0. The minimum atomic E-state index is -0.0645. The molecule has 1 aliphatic heterocycles. The first kappa shape index (κ1) is 12.7. The molecule has 0 bridgehead atoms. The molecular weight excluding hydrogens is 248 g/mol. The van der Waals surface area contributed by atoms with E-state index < -0.39 is 0 Å². The summed E-state index contributed by atoms with van der Waals surface area (Å²) in [5.74, 6) is 0.814. The zero-order chi connectivity index (χ0) is 13.9. The molecule has 0 spiro atoms. The summed E-state index contributed by atoms with van der Waals surface area (Å²) >= 11 is 0. The maximum absolute atomic E-state index is 11.9. The first-order valence-corrected chi connectivity index (χ1v) is 6.77. The monoisotopic (exact) mass is 264 g/mol. The van der Waals surface area contributed by atoms with Gasteiger partial charge in [0.15, 0.2) is 5.78 Å². The predicted molar refractivity (Wildman–Crippen MR) is 78.9 cm³/mol. The maximum Gasteiger partial charge on any atom is 0.159 e. The third-order valence-corrected chi connectivity index (χ3v) is 3.56. The molecule has 0 N–H and O–H groups in total. The third kappa shape index (κ3) is 2.37.